The van der Waals surface area contributed by atoms with E-state index in [0.29, 0.717) is 30.2 Å². The van der Waals surface area contributed by atoms with Crippen molar-refractivity contribution in [1.82, 2.24) is 0 Å². The third-order valence-electron chi connectivity index (χ3n) is 4.27. The van der Waals surface area contributed by atoms with Gasteiger partial charge >= 0.3 is 5.97 Å². The Kier molecular flexibility index (Phi) is 5.49. The standard InChI is InChI=1S/C20H21NO6/c1-3-26-18-11-14(4-7-17(18)27-12-19(22)23)20(24)21-9-8-13-10-15(25-2)5-6-16(13)21/h4-7,10-11H,3,8-9,12H2,1-2H3,(H,22,23). The maximum atomic E-state index is 13.0. The lowest BCUT2D eigenvalue weighted by Crippen LogP contribution is -2.28. The first-order valence-corrected chi connectivity index (χ1v) is 8.63. The van der Waals surface area contributed by atoms with Gasteiger partial charge < -0.3 is 24.2 Å². The fourth-order valence-corrected chi connectivity index (χ4v) is 3.04. The van der Waals surface area contributed by atoms with Gasteiger partial charge in [0.2, 0.25) is 0 Å². The number of hydrogen-bond donors (Lipinski definition) is 1. The van der Waals surface area contributed by atoms with E-state index in [1.54, 1.807) is 37.1 Å². The number of aliphatic carboxylic acids is 1. The molecule has 1 aliphatic rings. The van der Waals surface area contributed by atoms with Crippen LogP contribution in [0.2, 0.25) is 0 Å². The second kappa shape index (κ2) is 7.99. The molecule has 0 bridgehead atoms. The highest BCUT2D eigenvalue weighted by Gasteiger charge is 2.26. The molecule has 142 valence electrons. The predicted octanol–water partition coefficient (Wildman–Crippen LogP) is 2.76. The Morgan fingerprint density at radius 1 is 1.11 bits per heavy atom. The van der Waals surface area contributed by atoms with Crippen LogP contribution in [0.5, 0.6) is 17.2 Å². The number of nitrogens with zero attached hydrogens (tertiary/aromatic N) is 1. The molecule has 1 N–H and O–H groups in total. The molecule has 0 saturated heterocycles. The first kappa shape index (κ1) is 18.6. The van der Waals surface area contributed by atoms with Gasteiger partial charge in [0.15, 0.2) is 18.1 Å². The predicted molar refractivity (Wildman–Crippen MR) is 99.1 cm³/mol. The zero-order valence-corrected chi connectivity index (χ0v) is 15.2. The quantitative estimate of drug-likeness (QED) is 0.806. The SMILES string of the molecule is CCOc1cc(C(=O)N2CCc3cc(OC)ccc32)ccc1OCC(=O)O. The second-order valence-corrected chi connectivity index (χ2v) is 5.98. The third-order valence-corrected chi connectivity index (χ3v) is 4.27. The smallest absolute Gasteiger partial charge is 0.341 e. The molecule has 1 heterocycles. The number of amides is 1. The minimum Gasteiger partial charge on any atom is -0.497 e. The number of methoxy groups -OCH3 is 1. The summed E-state index contributed by atoms with van der Waals surface area (Å²) in [6, 6.07) is 10.4. The summed E-state index contributed by atoms with van der Waals surface area (Å²) in [7, 11) is 1.61. The summed E-state index contributed by atoms with van der Waals surface area (Å²) in [6.45, 7) is 2.28. The van der Waals surface area contributed by atoms with Crippen molar-refractivity contribution in [3.63, 3.8) is 0 Å². The van der Waals surface area contributed by atoms with Crippen LogP contribution >= 0.6 is 0 Å². The molecule has 2 aromatic carbocycles. The summed E-state index contributed by atoms with van der Waals surface area (Å²) in [6.07, 6.45) is 0.760. The number of anilines is 1. The topological polar surface area (TPSA) is 85.3 Å². The van der Waals surface area contributed by atoms with Gasteiger partial charge in [-0.05, 0) is 55.3 Å². The van der Waals surface area contributed by atoms with Crippen molar-refractivity contribution in [2.45, 2.75) is 13.3 Å². The van der Waals surface area contributed by atoms with E-state index < -0.39 is 12.6 Å². The summed E-state index contributed by atoms with van der Waals surface area (Å²) in [5.41, 5.74) is 2.38. The van der Waals surface area contributed by atoms with Crippen LogP contribution in [0, 0.1) is 0 Å². The molecule has 0 unspecified atom stereocenters. The molecular formula is C20H21NO6. The lowest BCUT2D eigenvalue weighted by Gasteiger charge is -2.19. The van der Waals surface area contributed by atoms with Gasteiger partial charge in [-0.15, -0.1) is 0 Å². The van der Waals surface area contributed by atoms with E-state index in [2.05, 4.69) is 0 Å². The van der Waals surface area contributed by atoms with Crippen LogP contribution < -0.4 is 19.1 Å². The van der Waals surface area contributed by atoms with E-state index in [1.807, 2.05) is 18.2 Å². The number of ether oxygens (including phenoxy) is 3. The summed E-state index contributed by atoms with van der Waals surface area (Å²) in [4.78, 5) is 25.4. The molecule has 0 atom stereocenters. The summed E-state index contributed by atoms with van der Waals surface area (Å²) in [5.74, 6) is 0.175. The largest absolute Gasteiger partial charge is 0.497 e. The molecule has 0 aromatic heterocycles. The lowest BCUT2D eigenvalue weighted by molar-refractivity contribution is -0.139. The Balaban J connectivity index is 1.85. The van der Waals surface area contributed by atoms with Gasteiger partial charge in [0.25, 0.3) is 5.91 Å². The third kappa shape index (κ3) is 3.97. The molecule has 0 saturated carbocycles. The van der Waals surface area contributed by atoms with Gasteiger partial charge in [-0.3, -0.25) is 4.79 Å². The second-order valence-electron chi connectivity index (χ2n) is 5.98. The Bertz CT molecular complexity index is 864. The molecule has 27 heavy (non-hydrogen) atoms. The van der Waals surface area contributed by atoms with E-state index >= 15 is 0 Å². The molecule has 2 aromatic rings. The van der Waals surface area contributed by atoms with Gasteiger partial charge in [0, 0.05) is 17.8 Å². The van der Waals surface area contributed by atoms with E-state index in [0.717, 1.165) is 23.4 Å². The van der Waals surface area contributed by atoms with Crippen molar-refractivity contribution in [1.29, 1.82) is 0 Å². The molecular weight excluding hydrogens is 350 g/mol. The highest BCUT2D eigenvalue weighted by molar-refractivity contribution is 6.07. The van der Waals surface area contributed by atoms with Crippen molar-refractivity contribution in [2.24, 2.45) is 0 Å². The molecule has 0 fully saturated rings. The minimum atomic E-state index is -1.08. The van der Waals surface area contributed by atoms with Crippen molar-refractivity contribution in [3.05, 3.63) is 47.5 Å². The summed E-state index contributed by atoms with van der Waals surface area (Å²) in [5, 5.41) is 8.78. The maximum absolute atomic E-state index is 13.0. The van der Waals surface area contributed by atoms with Gasteiger partial charge in [-0.2, -0.15) is 0 Å². The molecule has 0 spiro atoms. The van der Waals surface area contributed by atoms with Gasteiger partial charge in [0.05, 0.1) is 13.7 Å². The number of carbonyl (C=O) groups excluding carboxylic acids is 1. The van der Waals surface area contributed by atoms with Crippen molar-refractivity contribution >= 4 is 17.6 Å². The molecule has 1 aliphatic heterocycles. The number of carboxylic acid groups (broad SMARTS) is 1. The summed E-state index contributed by atoms with van der Waals surface area (Å²) >= 11 is 0. The number of hydrogen-bond acceptors (Lipinski definition) is 5. The zero-order valence-electron chi connectivity index (χ0n) is 15.2. The number of rotatable bonds is 7. The highest BCUT2D eigenvalue weighted by Crippen LogP contribution is 2.34. The first-order valence-electron chi connectivity index (χ1n) is 8.63. The Morgan fingerprint density at radius 3 is 2.63 bits per heavy atom. The van der Waals surface area contributed by atoms with Crippen LogP contribution in [-0.2, 0) is 11.2 Å². The van der Waals surface area contributed by atoms with Gasteiger partial charge in [-0.1, -0.05) is 0 Å². The fourth-order valence-electron chi connectivity index (χ4n) is 3.04. The van der Waals surface area contributed by atoms with Crippen LogP contribution in [0.15, 0.2) is 36.4 Å². The highest BCUT2D eigenvalue weighted by atomic mass is 16.5. The number of carbonyl (C=O) groups is 2. The van der Waals surface area contributed by atoms with Gasteiger partial charge in [0.1, 0.15) is 5.75 Å². The average Bonchev–Trinajstić information content (AvgIpc) is 3.09. The first-order chi connectivity index (χ1) is 13.0. The van der Waals surface area contributed by atoms with Crippen molar-refractivity contribution in [2.75, 3.05) is 31.8 Å². The van der Waals surface area contributed by atoms with E-state index in [9.17, 15) is 9.59 Å². The van der Waals surface area contributed by atoms with Crippen LogP contribution in [0.3, 0.4) is 0 Å². The average molecular weight is 371 g/mol. The Hall–Kier alpha value is -3.22. The van der Waals surface area contributed by atoms with E-state index in [1.165, 1.54) is 0 Å². The van der Waals surface area contributed by atoms with Crippen molar-refractivity contribution in [3.8, 4) is 17.2 Å². The zero-order chi connectivity index (χ0) is 19.4. The lowest BCUT2D eigenvalue weighted by atomic mass is 10.1. The van der Waals surface area contributed by atoms with Crippen molar-refractivity contribution < 1.29 is 28.9 Å². The Morgan fingerprint density at radius 2 is 1.93 bits per heavy atom. The molecule has 7 nitrogen and oxygen atoms in total. The monoisotopic (exact) mass is 371 g/mol. The van der Waals surface area contributed by atoms with E-state index in [-0.39, 0.29) is 5.91 Å². The van der Waals surface area contributed by atoms with Crippen LogP contribution in [0.4, 0.5) is 5.69 Å². The Labute approximate surface area is 157 Å². The molecule has 3 rings (SSSR count). The fraction of sp³-hybridized carbons (Fsp3) is 0.300. The van der Waals surface area contributed by atoms with Crippen LogP contribution in [0.1, 0.15) is 22.8 Å². The maximum Gasteiger partial charge on any atom is 0.341 e. The molecule has 1 amide bonds. The molecule has 7 heteroatoms. The number of fused-ring (bicyclic) bond motifs is 1. The minimum absolute atomic E-state index is 0.148. The summed E-state index contributed by atoms with van der Waals surface area (Å²) < 4.78 is 16.0. The van der Waals surface area contributed by atoms with Crippen LogP contribution in [-0.4, -0.2) is 43.9 Å². The molecule has 0 aliphatic carbocycles. The number of carboxylic acids is 1. The number of benzene rings is 2. The van der Waals surface area contributed by atoms with Crippen LogP contribution in [0.25, 0.3) is 0 Å². The van der Waals surface area contributed by atoms with E-state index in [4.69, 9.17) is 19.3 Å². The normalized spacial score (nSPS) is 12.4. The van der Waals surface area contributed by atoms with Gasteiger partial charge in [-0.25, -0.2) is 4.79 Å². The molecule has 0 radical (unpaired) electrons.